The van der Waals surface area contributed by atoms with E-state index in [1.165, 1.54) is 4.90 Å². The quantitative estimate of drug-likeness (QED) is 0.772. The highest BCUT2D eigenvalue weighted by Gasteiger charge is 2.29. The van der Waals surface area contributed by atoms with E-state index in [9.17, 15) is 9.59 Å². The average Bonchev–Trinajstić information content (AvgIpc) is 2.23. The zero-order valence-electron chi connectivity index (χ0n) is 11.4. The summed E-state index contributed by atoms with van der Waals surface area (Å²) in [4.78, 5) is 24.0. The zero-order valence-corrected chi connectivity index (χ0v) is 11.4. The summed E-state index contributed by atoms with van der Waals surface area (Å²) in [5, 5.41) is 11.8. The Hall–Kier alpha value is -1.30. The van der Waals surface area contributed by atoms with Crippen LogP contribution in [0, 0.1) is 5.41 Å². The summed E-state index contributed by atoms with van der Waals surface area (Å²) in [6.45, 7) is 8.32. The van der Waals surface area contributed by atoms with E-state index in [4.69, 9.17) is 9.84 Å². The van der Waals surface area contributed by atoms with E-state index in [1.807, 2.05) is 27.7 Å². The molecule has 18 heavy (non-hydrogen) atoms. The first-order chi connectivity index (χ1) is 8.20. The first-order valence-corrected chi connectivity index (χ1v) is 6.11. The normalized spacial score (nSPS) is 24.8. The Balaban J connectivity index is 2.47. The van der Waals surface area contributed by atoms with Gasteiger partial charge in [0, 0.05) is 12.0 Å². The number of nitrogens with zero attached hydrogens (tertiary/aromatic N) is 1. The molecule has 0 aromatic carbocycles. The predicted molar refractivity (Wildman–Crippen MR) is 66.4 cm³/mol. The van der Waals surface area contributed by atoms with Gasteiger partial charge in [-0.15, -0.1) is 0 Å². The summed E-state index contributed by atoms with van der Waals surface area (Å²) in [7, 11) is 0. The van der Waals surface area contributed by atoms with Gasteiger partial charge in [0.2, 0.25) is 5.91 Å². The Labute approximate surface area is 107 Å². The van der Waals surface area contributed by atoms with Crippen LogP contribution in [0.1, 0.15) is 27.7 Å². The molecule has 2 atom stereocenters. The number of morpholine rings is 1. The molecule has 1 fully saturated rings. The number of carbonyl (C=O) groups is 2. The molecule has 2 N–H and O–H groups in total. The van der Waals surface area contributed by atoms with Crippen molar-refractivity contribution < 1.29 is 19.4 Å². The van der Waals surface area contributed by atoms with E-state index >= 15 is 0 Å². The highest BCUT2D eigenvalue weighted by Crippen LogP contribution is 2.14. The van der Waals surface area contributed by atoms with Crippen LogP contribution >= 0.6 is 0 Å². The minimum Gasteiger partial charge on any atom is -0.465 e. The molecule has 2 amide bonds. The second-order valence-electron chi connectivity index (χ2n) is 5.72. The molecule has 0 aromatic heterocycles. The smallest absolute Gasteiger partial charge is 0.407 e. The third-order valence-electron chi connectivity index (χ3n) is 2.77. The summed E-state index contributed by atoms with van der Waals surface area (Å²) < 4.78 is 5.61. The van der Waals surface area contributed by atoms with Crippen molar-refractivity contribution in [1.82, 2.24) is 10.2 Å². The van der Waals surface area contributed by atoms with Crippen molar-refractivity contribution in [3.63, 3.8) is 0 Å². The number of ether oxygens (including phenoxy) is 1. The van der Waals surface area contributed by atoms with Crippen molar-refractivity contribution in [2.75, 3.05) is 19.6 Å². The van der Waals surface area contributed by atoms with E-state index in [0.717, 1.165) is 0 Å². The van der Waals surface area contributed by atoms with E-state index in [-0.39, 0.29) is 18.1 Å². The highest BCUT2D eigenvalue weighted by atomic mass is 16.5. The number of nitrogens with one attached hydrogen (secondary N) is 1. The Kier molecular flexibility index (Phi) is 4.56. The maximum atomic E-state index is 11.7. The highest BCUT2D eigenvalue weighted by molar-refractivity contribution is 5.81. The van der Waals surface area contributed by atoms with Crippen LogP contribution in [0.2, 0.25) is 0 Å². The second kappa shape index (κ2) is 5.56. The number of hydrogen-bond acceptors (Lipinski definition) is 3. The standard InChI is InChI=1S/C12H22N2O4/c1-8-6-14(11(16)17)7-9(18-8)5-13-10(15)12(2,3)4/h8-9H,5-7H2,1-4H3,(H,13,15)(H,16,17). The van der Waals surface area contributed by atoms with Crippen LogP contribution in [-0.2, 0) is 9.53 Å². The summed E-state index contributed by atoms with van der Waals surface area (Å²) >= 11 is 0. The average molecular weight is 258 g/mol. The van der Waals surface area contributed by atoms with E-state index < -0.39 is 11.5 Å². The fourth-order valence-corrected chi connectivity index (χ4v) is 1.79. The van der Waals surface area contributed by atoms with Crippen LogP contribution in [0.25, 0.3) is 0 Å². The molecule has 6 heteroatoms. The van der Waals surface area contributed by atoms with Gasteiger partial charge in [-0.05, 0) is 6.92 Å². The molecular weight excluding hydrogens is 236 g/mol. The van der Waals surface area contributed by atoms with Gasteiger partial charge in [-0.3, -0.25) is 4.79 Å². The van der Waals surface area contributed by atoms with Gasteiger partial charge in [-0.1, -0.05) is 20.8 Å². The molecule has 1 rings (SSSR count). The number of carbonyl (C=O) groups excluding carboxylic acids is 1. The number of amides is 2. The van der Waals surface area contributed by atoms with Crippen molar-refractivity contribution >= 4 is 12.0 Å². The topological polar surface area (TPSA) is 78.9 Å². The van der Waals surface area contributed by atoms with Crippen LogP contribution < -0.4 is 5.32 Å². The van der Waals surface area contributed by atoms with Gasteiger partial charge in [-0.2, -0.15) is 0 Å². The Morgan fingerprint density at radius 1 is 1.39 bits per heavy atom. The Morgan fingerprint density at radius 3 is 2.50 bits per heavy atom. The third kappa shape index (κ3) is 4.18. The van der Waals surface area contributed by atoms with Gasteiger partial charge in [0.15, 0.2) is 0 Å². The predicted octanol–water partition coefficient (Wildman–Crippen LogP) is 0.916. The molecule has 104 valence electrons. The van der Waals surface area contributed by atoms with Gasteiger partial charge in [0.05, 0.1) is 25.3 Å². The summed E-state index contributed by atoms with van der Waals surface area (Å²) in [6, 6.07) is 0. The van der Waals surface area contributed by atoms with Gasteiger partial charge < -0.3 is 20.1 Å². The number of rotatable bonds is 2. The van der Waals surface area contributed by atoms with Crippen molar-refractivity contribution in [2.45, 2.75) is 39.9 Å². The number of carboxylic acid groups (broad SMARTS) is 1. The lowest BCUT2D eigenvalue weighted by Crippen LogP contribution is -2.52. The molecule has 1 heterocycles. The van der Waals surface area contributed by atoms with Gasteiger partial charge in [0.25, 0.3) is 0 Å². The monoisotopic (exact) mass is 258 g/mol. The lowest BCUT2D eigenvalue weighted by Gasteiger charge is -2.35. The van der Waals surface area contributed by atoms with Crippen LogP contribution in [-0.4, -0.2) is 53.8 Å². The maximum absolute atomic E-state index is 11.7. The fourth-order valence-electron chi connectivity index (χ4n) is 1.79. The Morgan fingerprint density at radius 2 is 2.00 bits per heavy atom. The molecule has 1 aliphatic heterocycles. The molecule has 2 unspecified atom stereocenters. The lowest BCUT2D eigenvalue weighted by atomic mass is 9.95. The molecule has 0 aromatic rings. The van der Waals surface area contributed by atoms with Crippen molar-refractivity contribution in [3.8, 4) is 0 Å². The lowest BCUT2D eigenvalue weighted by molar-refractivity contribution is -0.130. The molecule has 0 saturated carbocycles. The zero-order chi connectivity index (χ0) is 13.9. The maximum Gasteiger partial charge on any atom is 0.407 e. The Bertz CT molecular complexity index is 325. The SMILES string of the molecule is CC1CN(C(=O)O)CC(CNC(=O)C(C)(C)C)O1. The van der Waals surface area contributed by atoms with E-state index in [0.29, 0.717) is 19.6 Å². The first kappa shape index (κ1) is 14.8. The molecule has 0 radical (unpaired) electrons. The summed E-state index contributed by atoms with van der Waals surface area (Å²) in [6.07, 6.45) is -1.38. The van der Waals surface area contributed by atoms with E-state index in [1.54, 1.807) is 0 Å². The molecule has 6 nitrogen and oxygen atoms in total. The van der Waals surface area contributed by atoms with Crippen LogP contribution in [0.3, 0.4) is 0 Å². The van der Waals surface area contributed by atoms with Crippen molar-refractivity contribution in [1.29, 1.82) is 0 Å². The third-order valence-corrected chi connectivity index (χ3v) is 2.77. The van der Waals surface area contributed by atoms with Gasteiger partial charge in [-0.25, -0.2) is 4.79 Å². The minimum atomic E-state index is -0.947. The fraction of sp³-hybridized carbons (Fsp3) is 0.833. The summed E-state index contributed by atoms with van der Waals surface area (Å²) in [5.74, 6) is -0.0637. The van der Waals surface area contributed by atoms with Crippen LogP contribution in [0.4, 0.5) is 4.79 Å². The first-order valence-electron chi connectivity index (χ1n) is 6.11. The molecule has 0 bridgehead atoms. The largest absolute Gasteiger partial charge is 0.465 e. The molecular formula is C12H22N2O4. The molecule has 1 saturated heterocycles. The number of hydrogen-bond donors (Lipinski definition) is 2. The molecule has 0 aliphatic carbocycles. The second-order valence-corrected chi connectivity index (χ2v) is 5.72. The van der Waals surface area contributed by atoms with Crippen molar-refractivity contribution in [2.24, 2.45) is 5.41 Å². The van der Waals surface area contributed by atoms with Gasteiger partial charge in [0.1, 0.15) is 0 Å². The van der Waals surface area contributed by atoms with Crippen LogP contribution in [0.15, 0.2) is 0 Å². The van der Waals surface area contributed by atoms with E-state index in [2.05, 4.69) is 5.32 Å². The van der Waals surface area contributed by atoms with Crippen molar-refractivity contribution in [3.05, 3.63) is 0 Å². The molecule has 1 aliphatic rings. The van der Waals surface area contributed by atoms with Crippen LogP contribution in [0.5, 0.6) is 0 Å². The minimum absolute atomic E-state index is 0.0637. The van der Waals surface area contributed by atoms with Gasteiger partial charge >= 0.3 is 6.09 Å². The molecule has 0 spiro atoms. The summed E-state index contributed by atoms with van der Waals surface area (Å²) in [5.41, 5.74) is -0.452.